The van der Waals surface area contributed by atoms with Gasteiger partial charge in [-0.1, -0.05) is 0 Å². The summed E-state index contributed by atoms with van der Waals surface area (Å²) in [4.78, 5) is 17.6. The Bertz CT molecular complexity index is 579. The molecule has 2 saturated heterocycles. The fourth-order valence-corrected chi connectivity index (χ4v) is 4.82. The Kier molecular flexibility index (Phi) is 6.06. The summed E-state index contributed by atoms with van der Waals surface area (Å²) in [6.07, 6.45) is 7.70. The number of piperidine rings is 2. The predicted octanol–water partition coefficient (Wildman–Crippen LogP) is 3.74. The zero-order valence-corrected chi connectivity index (χ0v) is 18.4. The summed E-state index contributed by atoms with van der Waals surface area (Å²) in [7, 11) is 4.63. The van der Waals surface area contributed by atoms with Gasteiger partial charge in [-0.2, -0.15) is 0 Å². The summed E-state index contributed by atoms with van der Waals surface area (Å²) < 4.78 is 1.71. The average Bonchev–Trinajstić information content (AvgIpc) is 2.62. The molecule has 2 aliphatic rings. The van der Waals surface area contributed by atoms with Crippen LogP contribution in [0.3, 0.4) is 0 Å². The molecule has 0 N–H and O–H groups in total. The van der Waals surface area contributed by atoms with Crippen molar-refractivity contribution in [3.63, 3.8) is 0 Å². The van der Waals surface area contributed by atoms with Crippen LogP contribution in [0.15, 0.2) is 0 Å². The van der Waals surface area contributed by atoms with Crippen molar-refractivity contribution >= 4 is 17.8 Å². The lowest BCUT2D eigenvalue weighted by Gasteiger charge is -2.39. The van der Waals surface area contributed by atoms with Gasteiger partial charge in [-0.25, -0.2) is 0 Å². The number of quaternary nitrogens is 2. The summed E-state index contributed by atoms with van der Waals surface area (Å²) in [5.74, 6) is 2.83. The van der Waals surface area contributed by atoms with Crippen molar-refractivity contribution in [3.8, 4) is 0 Å². The molecule has 2 aliphatic heterocycles. The first kappa shape index (κ1) is 20.5. The topological polar surface area (TPSA) is 41.9 Å². The van der Waals surface area contributed by atoms with E-state index in [0.29, 0.717) is 12.1 Å². The molecule has 3 rings (SSSR count). The standard InChI is InChI=1S/C21H40N6/c1-17(2)25(18(3)4)19-22-20(26(5)13-9-7-10-14-26)24-21(23-19)27(6)15-11-8-12-16-27/h17-18H,7-16H2,1-6H3/q+2. The monoisotopic (exact) mass is 376 g/mol. The molecule has 0 atom stereocenters. The molecular formula is C21H40N6+2. The van der Waals surface area contributed by atoms with E-state index in [1.165, 1.54) is 38.5 Å². The number of aromatic nitrogens is 3. The smallest absolute Gasteiger partial charge is 0.336 e. The SMILES string of the molecule is CC(C)N(c1nc([N+]2(C)CCCCC2)nc([N+]2(C)CCCCC2)n1)C(C)C. The molecule has 0 amide bonds. The molecule has 152 valence electrons. The largest absolute Gasteiger partial charge is 0.338 e. The van der Waals surface area contributed by atoms with Gasteiger partial charge in [0.25, 0.3) is 0 Å². The lowest BCUT2D eigenvalue weighted by atomic mass is 10.1. The maximum absolute atomic E-state index is 5.12. The van der Waals surface area contributed by atoms with Gasteiger partial charge < -0.3 is 4.90 Å². The molecule has 0 radical (unpaired) electrons. The van der Waals surface area contributed by atoms with Gasteiger partial charge in [0.2, 0.25) is 5.95 Å². The molecule has 6 heteroatoms. The number of anilines is 1. The van der Waals surface area contributed by atoms with Crippen LogP contribution in [0.1, 0.15) is 66.2 Å². The van der Waals surface area contributed by atoms with Crippen LogP contribution in [0.5, 0.6) is 0 Å². The van der Waals surface area contributed by atoms with Crippen molar-refractivity contribution in [1.82, 2.24) is 23.9 Å². The Morgan fingerprint density at radius 2 is 1.00 bits per heavy atom. The minimum atomic E-state index is 0.367. The molecule has 0 spiro atoms. The zero-order valence-electron chi connectivity index (χ0n) is 18.4. The zero-order chi connectivity index (χ0) is 19.7. The van der Waals surface area contributed by atoms with Crippen molar-refractivity contribution in [2.75, 3.05) is 45.2 Å². The van der Waals surface area contributed by atoms with Gasteiger partial charge in [-0.05, 0) is 66.2 Å². The van der Waals surface area contributed by atoms with Gasteiger partial charge in [0.15, 0.2) is 0 Å². The highest BCUT2D eigenvalue weighted by Gasteiger charge is 2.38. The van der Waals surface area contributed by atoms with Gasteiger partial charge in [0, 0.05) is 12.1 Å². The Morgan fingerprint density at radius 3 is 1.33 bits per heavy atom. The maximum atomic E-state index is 5.12. The highest BCUT2D eigenvalue weighted by atomic mass is 15.5. The molecule has 0 unspecified atom stereocenters. The van der Waals surface area contributed by atoms with E-state index in [0.717, 1.165) is 53.0 Å². The van der Waals surface area contributed by atoms with Gasteiger partial charge in [-0.15, -0.1) is 15.0 Å². The molecular weight excluding hydrogens is 336 g/mol. The van der Waals surface area contributed by atoms with Crippen molar-refractivity contribution in [3.05, 3.63) is 0 Å². The van der Waals surface area contributed by atoms with Gasteiger partial charge in [-0.3, -0.25) is 8.97 Å². The molecule has 0 saturated carbocycles. The number of nitrogens with zero attached hydrogens (tertiary/aromatic N) is 6. The quantitative estimate of drug-likeness (QED) is 0.734. The fraction of sp³-hybridized carbons (Fsp3) is 0.857. The van der Waals surface area contributed by atoms with Crippen molar-refractivity contribution in [1.29, 1.82) is 0 Å². The second kappa shape index (κ2) is 8.00. The number of rotatable bonds is 5. The van der Waals surface area contributed by atoms with E-state index in [9.17, 15) is 0 Å². The summed E-state index contributed by atoms with van der Waals surface area (Å²) >= 11 is 0. The van der Waals surface area contributed by atoms with Crippen LogP contribution in [0, 0.1) is 0 Å². The first-order chi connectivity index (χ1) is 12.8. The molecule has 1 aromatic rings. The van der Waals surface area contributed by atoms with E-state index < -0.39 is 0 Å². The van der Waals surface area contributed by atoms with Crippen LogP contribution < -0.4 is 13.9 Å². The van der Waals surface area contributed by atoms with Crippen LogP contribution in [0.4, 0.5) is 17.8 Å². The first-order valence-electron chi connectivity index (χ1n) is 11.0. The summed E-state index contributed by atoms with van der Waals surface area (Å²) in [5.41, 5.74) is 0. The highest BCUT2D eigenvalue weighted by molar-refractivity contribution is 5.44. The van der Waals surface area contributed by atoms with E-state index in [1.807, 2.05) is 0 Å². The third kappa shape index (κ3) is 4.27. The number of likely N-dealkylation sites (tertiary alicyclic amines) is 2. The van der Waals surface area contributed by atoms with Crippen LogP contribution in [-0.2, 0) is 0 Å². The van der Waals surface area contributed by atoms with Crippen LogP contribution >= 0.6 is 0 Å². The van der Waals surface area contributed by atoms with Crippen molar-refractivity contribution in [2.24, 2.45) is 0 Å². The van der Waals surface area contributed by atoms with Crippen LogP contribution in [-0.4, -0.2) is 67.3 Å². The summed E-state index contributed by atoms with van der Waals surface area (Å²) in [6.45, 7) is 13.5. The molecule has 2 fully saturated rings. The molecule has 27 heavy (non-hydrogen) atoms. The van der Waals surface area contributed by atoms with Gasteiger partial charge >= 0.3 is 11.9 Å². The Morgan fingerprint density at radius 1 is 0.630 bits per heavy atom. The highest BCUT2D eigenvalue weighted by Crippen LogP contribution is 2.31. The van der Waals surface area contributed by atoms with Crippen LogP contribution in [0.25, 0.3) is 0 Å². The molecule has 3 heterocycles. The minimum absolute atomic E-state index is 0.367. The first-order valence-corrected chi connectivity index (χ1v) is 11.0. The van der Waals surface area contributed by atoms with E-state index >= 15 is 0 Å². The summed E-state index contributed by atoms with van der Waals surface area (Å²) in [6, 6.07) is 0.734. The second-order valence-corrected chi connectivity index (χ2v) is 9.64. The third-order valence-electron chi connectivity index (χ3n) is 6.52. The van der Waals surface area contributed by atoms with Gasteiger partial charge in [0.05, 0.1) is 40.3 Å². The van der Waals surface area contributed by atoms with E-state index in [2.05, 4.69) is 46.7 Å². The molecule has 1 aromatic heterocycles. The Balaban J connectivity index is 2.10. The van der Waals surface area contributed by atoms with Gasteiger partial charge in [0.1, 0.15) is 0 Å². The number of hydrogen-bond donors (Lipinski definition) is 0. The molecule has 0 bridgehead atoms. The lowest BCUT2D eigenvalue weighted by molar-refractivity contribution is 0.245. The Labute approximate surface area is 165 Å². The minimum Gasteiger partial charge on any atom is -0.336 e. The fourth-order valence-electron chi connectivity index (χ4n) is 4.82. The average molecular weight is 377 g/mol. The predicted molar refractivity (Wildman–Crippen MR) is 115 cm³/mol. The van der Waals surface area contributed by atoms with Crippen molar-refractivity contribution in [2.45, 2.75) is 78.3 Å². The summed E-state index contributed by atoms with van der Waals surface area (Å²) in [5, 5.41) is 0. The normalized spacial score (nSPS) is 22.2. The van der Waals surface area contributed by atoms with E-state index in [1.54, 1.807) is 0 Å². The molecule has 0 aliphatic carbocycles. The lowest BCUT2D eigenvalue weighted by Crippen LogP contribution is -2.53. The van der Waals surface area contributed by atoms with Crippen molar-refractivity contribution < 1.29 is 0 Å². The third-order valence-corrected chi connectivity index (χ3v) is 6.52. The molecule has 6 nitrogen and oxygen atoms in total. The van der Waals surface area contributed by atoms with E-state index in [4.69, 9.17) is 15.0 Å². The molecule has 0 aromatic carbocycles. The number of hydrogen-bond acceptors (Lipinski definition) is 4. The van der Waals surface area contributed by atoms with E-state index in [-0.39, 0.29) is 0 Å². The Hall–Kier alpha value is -1.27. The second-order valence-electron chi connectivity index (χ2n) is 9.64. The maximum Gasteiger partial charge on any atom is 0.338 e. The van der Waals surface area contributed by atoms with Crippen LogP contribution in [0.2, 0.25) is 0 Å².